The molecule has 0 bridgehead atoms. The number of hydrogen-bond acceptors (Lipinski definition) is 5. The maximum Gasteiger partial charge on any atom is 0.191 e. The average molecular weight is 381 g/mol. The summed E-state index contributed by atoms with van der Waals surface area (Å²) in [6.45, 7) is 9.58. The molecule has 0 saturated carbocycles. The summed E-state index contributed by atoms with van der Waals surface area (Å²) in [5.41, 5.74) is 3.73. The minimum Gasteiger partial charge on any atom is -0.379 e. The number of aryl methyl sites for hydroxylation is 2. The zero-order chi connectivity index (χ0) is 18.6. The summed E-state index contributed by atoms with van der Waals surface area (Å²) in [5, 5.41) is 11.5. The van der Waals surface area contributed by atoms with E-state index in [0.717, 1.165) is 51.0 Å². The Morgan fingerprint density at radius 1 is 1.31 bits per heavy atom. The lowest BCUT2D eigenvalue weighted by molar-refractivity contribution is -0.0120. The smallest absolute Gasteiger partial charge is 0.191 e. The van der Waals surface area contributed by atoms with Crippen molar-refractivity contribution in [2.24, 2.45) is 12.0 Å². The SMILES string of the molecule is CN=C(NCc1c(C)nn(C)c1C)NCC1(N2CCOCC2)CCSC1. The fraction of sp³-hybridized carbons (Fsp3) is 0.778. The van der Waals surface area contributed by atoms with Crippen molar-refractivity contribution in [1.82, 2.24) is 25.3 Å². The van der Waals surface area contributed by atoms with Crippen molar-refractivity contribution in [1.29, 1.82) is 0 Å². The Hall–Kier alpha value is -1.25. The van der Waals surface area contributed by atoms with Gasteiger partial charge in [-0.1, -0.05) is 0 Å². The Labute approximate surface area is 160 Å². The summed E-state index contributed by atoms with van der Waals surface area (Å²) < 4.78 is 7.49. The fourth-order valence-electron chi connectivity index (χ4n) is 3.85. The molecule has 2 aliphatic rings. The number of morpholine rings is 1. The molecule has 0 spiro atoms. The van der Waals surface area contributed by atoms with Gasteiger partial charge in [0, 0.05) is 62.8 Å². The van der Waals surface area contributed by atoms with Crippen molar-refractivity contribution in [3.8, 4) is 0 Å². The quantitative estimate of drug-likeness (QED) is 0.585. The van der Waals surface area contributed by atoms with E-state index in [2.05, 4.69) is 51.2 Å². The van der Waals surface area contributed by atoms with Crippen LogP contribution in [0.5, 0.6) is 0 Å². The van der Waals surface area contributed by atoms with E-state index in [1.165, 1.54) is 29.2 Å². The summed E-state index contributed by atoms with van der Waals surface area (Å²) in [6.07, 6.45) is 1.22. The number of thioether (sulfide) groups is 1. The van der Waals surface area contributed by atoms with E-state index in [9.17, 15) is 0 Å². The van der Waals surface area contributed by atoms with Crippen LogP contribution >= 0.6 is 11.8 Å². The van der Waals surface area contributed by atoms with Gasteiger partial charge in [-0.3, -0.25) is 14.6 Å². The molecule has 3 rings (SSSR count). The second kappa shape index (κ2) is 8.63. The second-order valence-corrected chi connectivity index (χ2v) is 8.28. The van der Waals surface area contributed by atoms with E-state index < -0.39 is 0 Å². The van der Waals surface area contributed by atoms with E-state index in [0.29, 0.717) is 0 Å². The van der Waals surface area contributed by atoms with Crippen LogP contribution < -0.4 is 10.6 Å². The van der Waals surface area contributed by atoms with Crippen LogP contribution in [-0.4, -0.2) is 77.6 Å². The first-order valence-corrected chi connectivity index (χ1v) is 10.6. The van der Waals surface area contributed by atoms with Crippen LogP contribution in [0.25, 0.3) is 0 Å². The van der Waals surface area contributed by atoms with E-state index in [1.54, 1.807) is 0 Å². The van der Waals surface area contributed by atoms with Gasteiger partial charge in [0.15, 0.2) is 5.96 Å². The topological polar surface area (TPSA) is 66.7 Å². The highest BCUT2D eigenvalue weighted by Gasteiger charge is 2.40. The number of aromatic nitrogens is 2. The zero-order valence-electron chi connectivity index (χ0n) is 16.5. The van der Waals surface area contributed by atoms with Crippen molar-refractivity contribution < 1.29 is 4.74 Å². The highest BCUT2D eigenvalue weighted by Crippen LogP contribution is 2.33. The van der Waals surface area contributed by atoms with Gasteiger partial charge in [-0.25, -0.2) is 0 Å². The van der Waals surface area contributed by atoms with Crippen LogP contribution in [-0.2, 0) is 18.3 Å². The van der Waals surface area contributed by atoms with Crippen LogP contribution in [0.1, 0.15) is 23.4 Å². The van der Waals surface area contributed by atoms with Gasteiger partial charge in [-0.05, 0) is 26.0 Å². The molecule has 0 radical (unpaired) electrons. The first kappa shape index (κ1) is 19.5. The molecular formula is C18H32N6OS. The third-order valence-corrected chi connectivity index (χ3v) is 6.90. The number of nitrogens with one attached hydrogen (secondary N) is 2. The number of nitrogens with zero attached hydrogens (tertiary/aromatic N) is 4. The molecule has 1 aromatic heterocycles. The molecule has 2 saturated heterocycles. The number of guanidine groups is 1. The second-order valence-electron chi connectivity index (χ2n) is 7.18. The molecule has 0 aromatic carbocycles. The lowest BCUT2D eigenvalue weighted by Crippen LogP contribution is -2.60. The molecule has 26 heavy (non-hydrogen) atoms. The third-order valence-electron chi connectivity index (χ3n) is 5.66. The molecule has 2 fully saturated rings. The Morgan fingerprint density at radius 2 is 2.08 bits per heavy atom. The third kappa shape index (κ3) is 4.18. The molecule has 7 nitrogen and oxygen atoms in total. The number of hydrogen-bond donors (Lipinski definition) is 2. The molecule has 1 aromatic rings. The molecule has 2 N–H and O–H groups in total. The van der Waals surface area contributed by atoms with Crippen LogP contribution in [0, 0.1) is 13.8 Å². The summed E-state index contributed by atoms with van der Waals surface area (Å²) in [5.74, 6) is 3.27. The zero-order valence-corrected chi connectivity index (χ0v) is 17.3. The molecule has 0 amide bonds. The predicted molar refractivity (Wildman–Crippen MR) is 108 cm³/mol. The van der Waals surface area contributed by atoms with Gasteiger partial charge < -0.3 is 15.4 Å². The van der Waals surface area contributed by atoms with Gasteiger partial charge in [0.2, 0.25) is 0 Å². The summed E-state index contributed by atoms with van der Waals surface area (Å²) in [7, 11) is 3.83. The van der Waals surface area contributed by atoms with Crippen LogP contribution in [0.4, 0.5) is 0 Å². The Bertz CT molecular complexity index is 632. The van der Waals surface area contributed by atoms with Gasteiger partial charge in [-0.2, -0.15) is 16.9 Å². The van der Waals surface area contributed by atoms with Crippen LogP contribution in [0.2, 0.25) is 0 Å². The van der Waals surface area contributed by atoms with Gasteiger partial charge >= 0.3 is 0 Å². The number of aliphatic imine (C=N–C) groups is 1. The Balaban J connectivity index is 1.59. The fourth-order valence-corrected chi connectivity index (χ4v) is 5.33. The molecule has 146 valence electrons. The van der Waals surface area contributed by atoms with Gasteiger partial charge in [0.25, 0.3) is 0 Å². The van der Waals surface area contributed by atoms with Gasteiger partial charge in [-0.15, -0.1) is 0 Å². The standard InChI is InChI=1S/C18H32N6OS/c1-14-16(15(2)23(4)22-14)11-20-17(19-3)21-12-18(5-10-26-13-18)24-6-8-25-9-7-24/h5-13H2,1-4H3,(H2,19,20,21). The van der Waals surface area contributed by atoms with E-state index in [1.807, 2.05) is 18.8 Å². The summed E-state index contributed by atoms with van der Waals surface area (Å²) in [6, 6.07) is 0. The average Bonchev–Trinajstić information content (AvgIpc) is 3.23. The van der Waals surface area contributed by atoms with E-state index in [4.69, 9.17) is 4.74 Å². The number of rotatable bonds is 5. The molecular weight excluding hydrogens is 348 g/mol. The van der Waals surface area contributed by atoms with Crippen LogP contribution in [0.3, 0.4) is 0 Å². The number of ether oxygens (including phenoxy) is 1. The summed E-state index contributed by atoms with van der Waals surface area (Å²) >= 11 is 2.06. The van der Waals surface area contributed by atoms with Crippen molar-refractivity contribution >= 4 is 17.7 Å². The summed E-state index contributed by atoms with van der Waals surface area (Å²) in [4.78, 5) is 7.04. The molecule has 3 heterocycles. The molecule has 2 aliphatic heterocycles. The van der Waals surface area contributed by atoms with Gasteiger partial charge in [0.1, 0.15) is 0 Å². The van der Waals surface area contributed by atoms with Crippen molar-refractivity contribution in [2.45, 2.75) is 32.4 Å². The first-order chi connectivity index (χ1) is 12.6. The highest BCUT2D eigenvalue weighted by atomic mass is 32.2. The normalized spacial score (nSPS) is 24.8. The molecule has 8 heteroatoms. The Kier molecular flexibility index (Phi) is 6.47. The maximum absolute atomic E-state index is 5.55. The maximum atomic E-state index is 5.55. The largest absolute Gasteiger partial charge is 0.379 e. The Morgan fingerprint density at radius 3 is 2.65 bits per heavy atom. The monoisotopic (exact) mass is 380 g/mol. The molecule has 1 unspecified atom stereocenters. The van der Waals surface area contributed by atoms with E-state index in [-0.39, 0.29) is 5.54 Å². The van der Waals surface area contributed by atoms with Crippen LogP contribution in [0.15, 0.2) is 4.99 Å². The van der Waals surface area contributed by atoms with Crippen molar-refractivity contribution in [3.05, 3.63) is 17.0 Å². The molecule has 1 atom stereocenters. The first-order valence-electron chi connectivity index (χ1n) is 9.40. The lowest BCUT2D eigenvalue weighted by Gasteiger charge is -2.43. The molecule has 0 aliphatic carbocycles. The van der Waals surface area contributed by atoms with Crippen molar-refractivity contribution in [2.75, 3.05) is 51.4 Å². The van der Waals surface area contributed by atoms with Crippen molar-refractivity contribution in [3.63, 3.8) is 0 Å². The lowest BCUT2D eigenvalue weighted by atomic mass is 9.95. The predicted octanol–water partition coefficient (Wildman–Crippen LogP) is 0.910. The highest BCUT2D eigenvalue weighted by molar-refractivity contribution is 7.99. The van der Waals surface area contributed by atoms with Gasteiger partial charge in [0.05, 0.1) is 18.9 Å². The minimum atomic E-state index is 0.214. The van der Waals surface area contributed by atoms with E-state index >= 15 is 0 Å². The minimum absolute atomic E-state index is 0.214.